The third-order valence-corrected chi connectivity index (χ3v) is 3.17. The van der Waals surface area contributed by atoms with Crippen LogP contribution in [0.15, 0.2) is 24.3 Å². The van der Waals surface area contributed by atoms with Crippen LogP contribution in [0.4, 0.5) is 10.5 Å². The van der Waals surface area contributed by atoms with Crippen LogP contribution in [-0.2, 0) is 9.53 Å². The summed E-state index contributed by atoms with van der Waals surface area (Å²) in [6, 6.07) is 6.74. The van der Waals surface area contributed by atoms with E-state index in [1.165, 1.54) is 11.8 Å². The van der Waals surface area contributed by atoms with Crippen molar-refractivity contribution in [1.82, 2.24) is 0 Å². The quantitative estimate of drug-likeness (QED) is 0.825. The lowest BCUT2D eigenvalue weighted by molar-refractivity contribution is -0.118. The van der Waals surface area contributed by atoms with Crippen LogP contribution in [0.1, 0.15) is 30.1 Å². The van der Waals surface area contributed by atoms with E-state index < -0.39 is 12.0 Å². The molecule has 2 amide bonds. The van der Waals surface area contributed by atoms with Gasteiger partial charge in [-0.1, -0.05) is 0 Å². The summed E-state index contributed by atoms with van der Waals surface area (Å²) in [5.74, 6) is -0.440. The second-order valence-electron chi connectivity index (χ2n) is 4.72. The number of rotatable bonds is 5. The molecule has 0 aromatic heterocycles. The molecule has 1 fully saturated rings. The number of ketones is 1. The Morgan fingerprint density at radius 2 is 2.00 bits per heavy atom. The molecule has 106 valence electrons. The number of carbonyl (C=O) groups is 3. The smallest absolute Gasteiger partial charge is 0.414 e. The summed E-state index contributed by atoms with van der Waals surface area (Å²) in [6.45, 7) is 1.87. The lowest BCUT2D eigenvalue weighted by Gasteiger charge is -2.13. The second kappa shape index (κ2) is 5.73. The van der Waals surface area contributed by atoms with Crippen LogP contribution in [0.25, 0.3) is 0 Å². The molecule has 6 nitrogen and oxygen atoms in total. The van der Waals surface area contributed by atoms with Crippen molar-refractivity contribution in [2.45, 2.75) is 25.9 Å². The van der Waals surface area contributed by atoms with Gasteiger partial charge in [-0.05, 0) is 37.6 Å². The number of Topliss-reactive ketones (excluding diaryl/α,β-unsaturated/α-hetero) is 1. The van der Waals surface area contributed by atoms with Gasteiger partial charge in [-0.2, -0.15) is 0 Å². The zero-order chi connectivity index (χ0) is 14.7. The molecule has 1 saturated heterocycles. The molecule has 1 aliphatic rings. The third kappa shape index (κ3) is 3.14. The molecule has 0 saturated carbocycles. The number of hydrogen-bond donors (Lipinski definition) is 1. The normalized spacial score (nSPS) is 17.9. The summed E-state index contributed by atoms with van der Waals surface area (Å²) in [4.78, 5) is 35.2. The Labute approximate surface area is 116 Å². The molecule has 0 bridgehead atoms. The summed E-state index contributed by atoms with van der Waals surface area (Å²) < 4.78 is 5.17. The Balaban J connectivity index is 2.03. The summed E-state index contributed by atoms with van der Waals surface area (Å²) in [6.07, 6.45) is -0.171. The van der Waals surface area contributed by atoms with Crippen molar-refractivity contribution in [3.63, 3.8) is 0 Å². The maximum atomic E-state index is 11.8. The fraction of sp³-hybridized carbons (Fsp3) is 0.357. The van der Waals surface area contributed by atoms with Gasteiger partial charge in [-0.15, -0.1) is 0 Å². The van der Waals surface area contributed by atoms with E-state index in [1.807, 2.05) is 0 Å². The number of ether oxygens (including phenoxy) is 1. The zero-order valence-electron chi connectivity index (χ0n) is 11.2. The zero-order valence-corrected chi connectivity index (χ0v) is 11.2. The highest BCUT2D eigenvalue weighted by Crippen LogP contribution is 2.23. The molecule has 2 N–H and O–H groups in total. The van der Waals surface area contributed by atoms with Gasteiger partial charge in [0.1, 0.15) is 6.10 Å². The van der Waals surface area contributed by atoms with Crippen LogP contribution >= 0.6 is 0 Å². The lowest BCUT2D eigenvalue weighted by Crippen LogP contribution is -2.24. The number of nitrogens with zero attached hydrogens (tertiary/aromatic N) is 1. The molecule has 20 heavy (non-hydrogen) atoms. The molecular formula is C14H16N2O4. The first-order valence-corrected chi connectivity index (χ1v) is 6.35. The van der Waals surface area contributed by atoms with Crippen LogP contribution in [0.3, 0.4) is 0 Å². The fourth-order valence-corrected chi connectivity index (χ4v) is 2.06. The highest BCUT2D eigenvalue weighted by atomic mass is 16.6. The minimum absolute atomic E-state index is 0.0279. The molecule has 2 rings (SSSR count). The number of carbonyl (C=O) groups excluding carboxylic acids is 3. The second-order valence-corrected chi connectivity index (χ2v) is 4.72. The van der Waals surface area contributed by atoms with E-state index in [-0.39, 0.29) is 18.3 Å². The molecule has 6 heteroatoms. The van der Waals surface area contributed by atoms with Crippen molar-refractivity contribution in [2.24, 2.45) is 5.73 Å². The number of primary amides is 1. The van der Waals surface area contributed by atoms with Crippen molar-refractivity contribution in [2.75, 3.05) is 11.4 Å². The topological polar surface area (TPSA) is 89.7 Å². The Bertz CT molecular complexity index is 539. The van der Waals surface area contributed by atoms with E-state index in [0.29, 0.717) is 24.2 Å². The van der Waals surface area contributed by atoms with Crippen LogP contribution in [0.2, 0.25) is 0 Å². The average Bonchev–Trinajstić information content (AvgIpc) is 2.78. The molecule has 0 spiro atoms. The standard InChI is InChI=1S/C14H16N2O4/c1-9(17)10-2-4-11(5-3-10)16-8-12(20-14(16)19)6-7-13(15)18/h2-5,12H,6-8H2,1H3,(H2,15,18). The van der Waals surface area contributed by atoms with Gasteiger partial charge in [0.2, 0.25) is 5.91 Å². The van der Waals surface area contributed by atoms with Crippen molar-refractivity contribution >= 4 is 23.5 Å². The van der Waals surface area contributed by atoms with Crippen LogP contribution in [-0.4, -0.2) is 30.4 Å². The maximum Gasteiger partial charge on any atom is 0.414 e. The van der Waals surface area contributed by atoms with Crippen LogP contribution in [0.5, 0.6) is 0 Å². The van der Waals surface area contributed by atoms with Gasteiger partial charge in [0.25, 0.3) is 0 Å². The first kappa shape index (κ1) is 14.0. The summed E-state index contributed by atoms with van der Waals surface area (Å²) in [7, 11) is 0. The van der Waals surface area contributed by atoms with Crippen molar-refractivity contribution < 1.29 is 19.1 Å². The molecule has 1 aliphatic heterocycles. The summed E-state index contributed by atoms with van der Waals surface area (Å²) in [5, 5.41) is 0. The van der Waals surface area contributed by atoms with Gasteiger partial charge >= 0.3 is 6.09 Å². The molecule has 1 heterocycles. The molecule has 1 unspecified atom stereocenters. The van der Waals surface area contributed by atoms with Crippen LogP contribution in [0, 0.1) is 0 Å². The maximum absolute atomic E-state index is 11.8. The monoisotopic (exact) mass is 276 g/mol. The summed E-state index contributed by atoms with van der Waals surface area (Å²) >= 11 is 0. The Morgan fingerprint density at radius 1 is 1.35 bits per heavy atom. The Kier molecular flexibility index (Phi) is 4.02. The van der Waals surface area contributed by atoms with E-state index >= 15 is 0 Å². The molecule has 1 atom stereocenters. The predicted octanol–water partition coefficient (Wildman–Crippen LogP) is 1.48. The fourth-order valence-electron chi connectivity index (χ4n) is 2.06. The number of nitrogens with two attached hydrogens (primary N) is 1. The van der Waals surface area contributed by atoms with Gasteiger partial charge in [0.15, 0.2) is 5.78 Å². The molecule has 0 radical (unpaired) electrons. The van der Waals surface area contributed by atoms with E-state index in [0.717, 1.165) is 0 Å². The molecule has 1 aromatic rings. The first-order valence-electron chi connectivity index (χ1n) is 6.35. The third-order valence-electron chi connectivity index (χ3n) is 3.17. The van der Waals surface area contributed by atoms with Gasteiger partial charge in [0.05, 0.1) is 6.54 Å². The van der Waals surface area contributed by atoms with E-state index in [4.69, 9.17) is 10.5 Å². The largest absolute Gasteiger partial charge is 0.444 e. The van der Waals surface area contributed by atoms with Crippen molar-refractivity contribution in [3.05, 3.63) is 29.8 Å². The summed E-state index contributed by atoms with van der Waals surface area (Å²) in [5.41, 5.74) is 6.33. The van der Waals surface area contributed by atoms with Crippen LogP contribution < -0.4 is 10.6 Å². The van der Waals surface area contributed by atoms with Gasteiger partial charge in [-0.25, -0.2) is 4.79 Å². The number of cyclic esters (lactones) is 1. The minimum Gasteiger partial charge on any atom is -0.444 e. The van der Waals surface area contributed by atoms with Gasteiger partial charge in [-0.3, -0.25) is 14.5 Å². The SMILES string of the molecule is CC(=O)c1ccc(N2CC(CCC(N)=O)OC2=O)cc1. The Hall–Kier alpha value is -2.37. The van der Waals surface area contributed by atoms with Crippen molar-refractivity contribution in [3.8, 4) is 0 Å². The van der Waals surface area contributed by atoms with Gasteiger partial charge < -0.3 is 10.5 Å². The first-order chi connectivity index (χ1) is 9.47. The predicted molar refractivity (Wildman–Crippen MR) is 72.5 cm³/mol. The van der Waals surface area contributed by atoms with Gasteiger partial charge in [0, 0.05) is 17.7 Å². The Morgan fingerprint density at radius 3 is 2.55 bits per heavy atom. The van der Waals surface area contributed by atoms with Crippen molar-refractivity contribution in [1.29, 1.82) is 0 Å². The number of benzene rings is 1. The van der Waals surface area contributed by atoms with E-state index in [1.54, 1.807) is 24.3 Å². The highest BCUT2D eigenvalue weighted by Gasteiger charge is 2.32. The number of amides is 2. The molecule has 1 aromatic carbocycles. The van der Waals surface area contributed by atoms with E-state index in [9.17, 15) is 14.4 Å². The lowest BCUT2D eigenvalue weighted by atomic mass is 10.1. The van der Waals surface area contributed by atoms with E-state index in [2.05, 4.69) is 0 Å². The minimum atomic E-state index is -0.449. The highest BCUT2D eigenvalue weighted by molar-refractivity contribution is 5.95. The molecular weight excluding hydrogens is 260 g/mol. The number of anilines is 1. The molecule has 0 aliphatic carbocycles. The number of hydrogen-bond acceptors (Lipinski definition) is 4. The average molecular weight is 276 g/mol.